The summed E-state index contributed by atoms with van der Waals surface area (Å²) in [5.41, 5.74) is 1.35. The van der Waals surface area contributed by atoms with E-state index in [0.717, 1.165) is 76.7 Å². The summed E-state index contributed by atoms with van der Waals surface area (Å²) in [5, 5.41) is 0. The van der Waals surface area contributed by atoms with Crippen LogP contribution in [0.4, 0.5) is 0 Å². The molecule has 31 heavy (non-hydrogen) atoms. The van der Waals surface area contributed by atoms with Crippen LogP contribution in [0.2, 0.25) is 0 Å². The number of likely N-dealkylation sites (tertiary alicyclic amines) is 1. The van der Waals surface area contributed by atoms with E-state index in [0.29, 0.717) is 18.2 Å². The van der Waals surface area contributed by atoms with Crippen molar-refractivity contribution in [2.45, 2.75) is 52.1 Å². The lowest BCUT2D eigenvalue weighted by Gasteiger charge is -2.36. The minimum absolute atomic E-state index is 0.343. The zero-order valence-electron chi connectivity index (χ0n) is 19.0. The van der Waals surface area contributed by atoms with Gasteiger partial charge in [-0.25, -0.2) is 0 Å². The number of furan rings is 1. The van der Waals surface area contributed by atoms with Crippen molar-refractivity contribution in [3.05, 3.63) is 59.5 Å². The van der Waals surface area contributed by atoms with E-state index >= 15 is 0 Å². The molecule has 0 spiro atoms. The van der Waals surface area contributed by atoms with Crippen LogP contribution in [0.1, 0.15) is 49.7 Å². The summed E-state index contributed by atoms with van der Waals surface area (Å²) in [6.07, 6.45) is 5.12. The number of nitrogens with zero attached hydrogens (tertiary/aromatic N) is 3. The summed E-state index contributed by atoms with van der Waals surface area (Å²) < 4.78 is 5.89. The lowest BCUT2D eigenvalue weighted by atomic mass is 9.93. The Bertz CT molecular complexity index is 811. The van der Waals surface area contributed by atoms with Gasteiger partial charge in [0.1, 0.15) is 11.5 Å². The average molecular weight is 424 g/mol. The first-order valence-corrected chi connectivity index (χ1v) is 12.0. The van der Waals surface area contributed by atoms with Gasteiger partial charge >= 0.3 is 0 Å². The van der Waals surface area contributed by atoms with Crippen LogP contribution in [-0.2, 0) is 24.3 Å². The maximum atomic E-state index is 12.8. The topological polar surface area (TPSA) is 39.9 Å². The van der Waals surface area contributed by atoms with Gasteiger partial charge in [0.2, 0.25) is 5.91 Å². The molecule has 2 saturated heterocycles. The molecule has 2 aliphatic rings. The van der Waals surface area contributed by atoms with E-state index in [1.165, 1.54) is 18.4 Å². The summed E-state index contributed by atoms with van der Waals surface area (Å²) >= 11 is 0. The number of rotatable bonds is 8. The summed E-state index contributed by atoms with van der Waals surface area (Å²) in [7, 11) is 0. The van der Waals surface area contributed by atoms with Crippen LogP contribution in [0.3, 0.4) is 0 Å². The van der Waals surface area contributed by atoms with Gasteiger partial charge in [-0.05, 0) is 49.4 Å². The third-order valence-electron chi connectivity index (χ3n) is 6.79. The normalized spacial score (nSPS) is 20.8. The van der Waals surface area contributed by atoms with Crippen LogP contribution in [0.15, 0.2) is 46.9 Å². The summed E-state index contributed by atoms with van der Waals surface area (Å²) in [5.74, 6) is 3.10. The highest BCUT2D eigenvalue weighted by molar-refractivity contribution is 5.76. The smallest absolute Gasteiger partial charge is 0.222 e. The average Bonchev–Trinajstić information content (AvgIpc) is 3.26. The third-order valence-corrected chi connectivity index (χ3v) is 6.79. The van der Waals surface area contributed by atoms with Gasteiger partial charge in [-0.15, -0.1) is 0 Å². The van der Waals surface area contributed by atoms with Crippen molar-refractivity contribution < 1.29 is 9.21 Å². The molecular formula is C26H37N3O2. The number of amides is 1. The highest BCUT2D eigenvalue weighted by Crippen LogP contribution is 2.24. The second-order valence-electron chi connectivity index (χ2n) is 9.15. The summed E-state index contributed by atoms with van der Waals surface area (Å²) in [6.45, 7) is 9.89. The van der Waals surface area contributed by atoms with Crippen molar-refractivity contribution >= 4 is 5.91 Å². The number of hydrogen-bond donors (Lipinski definition) is 0. The Balaban J connectivity index is 1.16. The standard InChI is InChI=1S/C26H37N3O2/c1-2-24-11-12-25(31-24)21-28-14-6-9-23(20-28)10-13-26(30)29-17-15-27(16-18-29)19-22-7-4-3-5-8-22/h3-5,7-8,11-12,23H,2,6,9-10,13-21H2,1H3. The third kappa shape index (κ3) is 6.44. The van der Waals surface area contributed by atoms with E-state index in [4.69, 9.17) is 4.42 Å². The Hall–Kier alpha value is -2.11. The molecule has 4 rings (SSSR count). The number of aryl methyl sites for hydroxylation is 1. The van der Waals surface area contributed by atoms with Gasteiger partial charge in [-0.3, -0.25) is 14.6 Å². The maximum Gasteiger partial charge on any atom is 0.222 e. The molecule has 2 aliphatic heterocycles. The quantitative estimate of drug-likeness (QED) is 0.639. The van der Waals surface area contributed by atoms with Gasteiger partial charge in [0, 0.05) is 52.1 Å². The Kier molecular flexibility index (Phi) is 7.81. The van der Waals surface area contributed by atoms with Crippen LogP contribution < -0.4 is 0 Å². The molecule has 1 amide bonds. The van der Waals surface area contributed by atoms with Crippen molar-refractivity contribution in [3.63, 3.8) is 0 Å². The fraction of sp³-hybridized carbons (Fsp3) is 0.577. The molecule has 3 heterocycles. The number of benzene rings is 1. The maximum absolute atomic E-state index is 12.8. The predicted octanol–water partition coefficient (Wildman–Crippen LogP) is 4.18. The van der Waals surface area contributed by atoms with E-state index in [1.807, 2.05) is 0 Å². The molecule has 0 saturated carbocycles. The second-order valence-corrected chi connectivity index (χ2v) is 9.15. The molecule has 5 nitrogen and oxygen atoms in total. The van der Waals surface area contributed by atoms with E-state index in [2.05, 4.69) is 64.1 Å². The van der Waals surface area contributed by atoms with Crippen LogP contribution in [0.25, 0.3) is 0 Å². The largest absolute Gasteiger partial charge is 0.465 e. The van der Waals surface area contributed by atoms with E-state index in [-0.39, 0.29) is 0 Å². The molecule has 1 aromatic heterocycles. The van der Waals surface area contributed by atoms with Crippen molar-refractivity contribution in [2.24, 2.45) is 5.92 Å². The molecule has 2 aromatic rings. The number of carbonyl (C=O) groups is 1. The van der Waals surface area contributed by atoms with Crippen LogP contribution >= 0.6 is 0 Å². The lowest BCUT2D eigenvalue weighted by molar-refractivity contribution is -0.133. The van der Waals surface area contributed by atoms with Crippen LogP contribution in [0, 0.1) is 5.92 Å². The predicted molar refractivity (Wildman–Crippen MR) is 124 cm³/mol. The van der Waals surface area contributed by atoms with Crippen LogP contribution in [0.5, 0.6) is 0 Å². The zero-order valence-corrected chi connectivity index (χ0v) is 19.0. The Morgan fingerprint density at radius 1 is 0.935 bits per heavy atom. The van der Waals surface area contributed by atoms with Gasteiger partial charge in [0.05, 0.1) is 6.54 Å². The highest BCUT2D eigenvalue weighted by Gasteiger charge is 2.24. The molecule has 2 fully saturated rings. The highest BCUT2D eigenvalue weighted by atomic mass is 16.3. The van der Waals surface area contributed by atoms with Gasteiger partial charge in [-0.2, -0.15) is 0 Å². The molecule has 1 unspecified atom stereocenters. The van der Waals surface area contributed by atoms with Crippen molar-refractivity contribution in [2.75, 3.05) is 39.3 Å². The number of hydrogen-bond acceptors (Lipinski definition) is 4. The minimum atomic E-state index is 0.343. The number of piperazine rings is 1. The molecular weight excluding hydrogens is 386 g/mol. The number of carbonyl (C=O) groups excluding carboxylic acids is 1. The van der Waals surface area contributed by atoms with Crippen molar-refractivity contribution in [3.8, 4) is 0 Å². The molecule has 0 radical (unpaired) electrons. The van der Waals surface area contributed by atoms with Gasteiger partial charge < -0.3 is 9.32 Å². The first-order valence-electron chi connectivity index (χ1n) is 12.0. The molecule has 0 aliphatic carbocycles. The van der Waals surface area contributed by atoms with Gasteiger partial charge in [0.25, 0.3) is 0 Å². The lowest BCUT2D eigenvalue weighted by Crippen LogP contribution is -2.48. The molecule has 168 valence electrons. The van der Waals surface area contributed by atoms with Crippen molar-refractivity contribution in [1.29, 1.82) is 0 Å². The summed E-state index contributed by atoms with van der Waals surface area (Å²) in [6, 6.07) is 14.8. The van der Waals surface area contributed by atoms with Crippen LogP contribution in [-0.4, -0.2) is 59.9 Å². The molecule has 1 atom stereocenters. The molecule has 0 bridgehead atoms. The number of piperidine rings is 1. The van der Waals surface area contributed by atoms with Gasteiger partial charge in [0.15, 0.2) is 0 Å². The fourth-order valence-electron chi connectivity index (χ4n) is 4.93. The van der Waals surface area contributed by atoms with Crippen molar-refractivity contribution in [1.82, 2.24) is 14.7 Å². The second kappa shape index (κ2) is 11.0. The van der Waals surface area contributed by atoms with E-state index < -0.39 is 0 Å². The fourth-order valence-corrected chi connectivity index (χ4v) is 4.93. The molecule has 0 N–H and O–H groups in total. The Morgan fingerprint density at radius 2 is 1.71 bits per heavy atom. The Morgan fingerprint density at radius 3 is 2.45 bits per heavy atom. The molecule has 5 heteroatoms. The minimum Gasteiger partial charge on any atom is -0.465 e. The Labute approximate surface area is 187 Å². The molecule has 1 aromatic carbocycles. The first-order chi connectivity index (χ1) is 15.2. The zero-order chi connectivity index (χ0) is 21.5. The van der Waals surface area contributed by atoms with Gasteiger partial charge in [-0.1, -0.05) is 37.3 Å². The summed E-state index contributed by atoms with van der Waals surface area (Å²) in [4.78, 5) is 19.8. The SMILES string of the molecule is CCc1ccc(CN2CCCC(CCC(=O)N3CCN(Cc4ccccc4)CC3)C2)o1. The van der Waals surface area contributed by atoms with E-state index in [9.17, 15) is 4.79 Å². The monoisotopic (exact) mass is 423 g/mol. The van der Waals surface area contributed by atoms with E-state index in [1.54, 1.807) is 0 Å². The first kappa shape index (κ1) is 22.1.